The van der Waals surface area contributed by atoms with Gasteiger partial charge >= 0.3 is 49.4 Å². The molecule has 0 spiro atoms. The number of alkyl halides is 24. The van der Waals surface area contributed by atoms with Crippen LogP contribution in [0.1, 0.15) is 66.6 Å². The summed E-state index contributed by atoms with van der Waals surface area (Å²) >= 11 is 0. The number of aliphatic hydroxyl groups excluding tert-OH is 1. The molecule has 8 nitrogen and oxygen atoms in total. The van der Waals surface area contributed by atoms with Crippen LogP contribution in [0, 0.1) is 34.6 Å². The molecule has 1 N–H and O–H groups in total. The Bertz CT molecular complexity index is 2650. The monoisotopic (exact) mass is 1370 g/mol. The molecule has 0 aromatic heterocycles. The van der Waals surface area contributed by atoms with Gasteiger partial charge in [0.25, 0.3) is 22.4 Å². The first kappa shape index (κ1) is 84.1. The Morgan fingerprint density at radius 1 is 0.370 bits per heavy atom. The van der Waals surface area contributed by atoms with Crippen LogP contribution in [0.2, 0.25) is 0 Å². The molecule has 0 aliphatic carbocycles. The molecule has 2 fully saturated rings. The fraction of sp³-hybridized carbons (Fsp3) is 0.500. The summed E-state index contributed by atoms with van der Waals surface area (Å²) in [5, 5.41) is 9.81. The van der Waals surface area contributed by atoms with Gasteiger partial charge in [0.05, 0.1) is 33.0 Å². The van der Waals surface area contributed by atoms with Gasteiger partial charge in [-0.3, -0.25) is 0 Å². The Balaban J connectivity index is 0.000000621. The second-order valence-corrected chi connectivity index (χ2v) is 20.0. The minimum Gasteiger partial charge on any atom is -0.388 e. The molecule has 5 aromatic carbocycles. The van der Waals surface area contributed by atoms with Gasteiger partial charge in [-0.05, 0) is 48.5 Å². The molecule has 5 aromatic rings. The van der Waals surface area contributed by atoms with E-state index < -0.39 is 128 Å². The van der Waals surface area contributed by atoms with Crippen LogP contribution in [-0.4, -0.2) is 124 Å². The second kappa shape index (κ2) is 34.5. The Hall–Kier alpha value is -5.90. The molecule has 2 heterocycles. The first-order chi connectivity index (χ1) is 41.9. The molecular formula is C60H66F24O8. The predicted octanol–water partition coefficient (Wildman–Crippen LogP) is 18.6. The van der Waals surface area contributed by atoms with Crippen LogP contribution in [0.3, 0.4) is 0 Å². The van der Waals surface area contributed by atoms with Crippen molar-refractivity contribution in [3.63, 3.8) is 0 Å². The highest BCUT2D eigenvalue weighted by molar-refractivity contribution is 5.29. The maximum absolute atomic E-state index is 13.7. The second-order valence-electron chi connectivity index (χ2n) is 20.0. The van der Waals surface area contributed by atoms with Gasteiger partial charge in [0.1, 0.15) is 24.9 Å². The number of hydrogen-bond acceptors (Lipinski definition) is 8. The molecule has 32 heteroatoms. The van der Waals surface area contributed by atoms with E-state index in [-0.39, 0.29) is 27.1 Å². The number of epoxide rings is 2. The lowest BCUT2D eigenvalue weighted by Gasteiger charge is -2.39. The van der Waals surface area contributed by atoms with E-state index in [9.17, 15) is 110 Å². The maximum atomic E-state index is 13.7. The Kier molecular flexibility index (Phi) is 31.5. The summed E-state index contributed by atoms with van der Waals surface area (Å²) in [6.07, 6.45) is -50.9. The van der Waals surface area contributed by atoms with Crippen LogP contribution in [0.4, 0.5) is 105 Å². The van der Waals surface area contributed by atoms with Gasteiger partial charge in [-0.1, -0.05) is 181 Å². The van der Waals surface area contributed by atoms with Crippen LogP contribution in [-0.2, 0) is 44.7 Å². The highest BCUT2D eigenvalue weighted by atomic mass is 19.4. The SMILES string of the molecule is CC.CC(OCC1CO1)(C(F)(F)F)C(F)(F)F.CC(OOCC1CO1)(C(F)(F)F)C(F)(F)F.Cc1ccc(C)cc1.Cc1cccc(C)c1.Cc1ccccc1.OC(COC(c1ccccc1)(C(F)(F)F)C(F)(F)F)COC(c1ccccc1)(C(F)(F)F)C(F)(F)F. The molecule has 7 rings (SSSR count). The summed E-state index contributed by atoms with van der Waals surface area (Å²) in [5.41, 5.74) is -14.9. The van der Waals surface area contributed by atoms with Crippen molar-refractivity contribution in [2.75, 3.05) is 39.6 Å². The summed E-state index contributed by atoms with van der Waals surface area (Å²) in [6.45, 7) is 9.51. The summed E-state index contributed by atoms with van der Waals surface area (Å²) in [5.74, 6) is 0. The van der Waals surface area contributed by atoms with Gasteiger partial charge in [0, 0.05) is 11.1 Å². The van der Waals surface area contributed by atoms with Crippen molar-refractivity contribution >= 4 is 0 Å². The third-order valence-electron chi connectivity index (χ3n) is 12.3. The molecule has 2 atom stereocenters. The zero-order valence-corrected chi connectivity index (χ0v) is 50.1. The molecule has 0 amide bonds. The van der Waals surface area contributed by atoms with Gasteiger partial charge < -0.3 is 28.8 Å². The highest BCUT2D eigenvalue weighted by Crippen LogP contribution is 2.55. The van der Waals surface area contributed by atoms with Crippen molar-refractivity contribution in [3.8, 4) is 0 Å². The molecule has 0 radical (unpaired) electrons. The maximum Gasteiger partial charge on any atom is 0.430 e. The number of aryl methyl sites for hydroxylation is 5. The van der Waals surface area contributed by atoms with E-state index in [1.165, 1.54) is 27.8 Å². The van der Waals surface area contributed by atoms with Gasteiger partial charge in [0.2, 0.25) is 0 Å². The quantitative estimate of drug-likeness (QED) is 0.0480. The molecule has 522 valence electrons. The predicted molar refractivity (Wildman–Crippen MR) is 286 cm³/mol. The number of benzene rings is 5. The Labute approximate surface area is 513 Å². The lowest BCUT2D eigenvalue weighted by atomic mass is 9.91. The minimum absolute atomic E-state index is 0.0324. The summed E-state index contributed by atoms with van der Waals surface area (Å²) in [6, 6.07) is 34.2. The third kappa shape index (κ3) is 24.8. The molecule has 2 aliphatic heterocycles. The Morgan fingerprint density at radius 3 is 0.880 bits per heavy atom. The van der Waals surface area contributed by atoms with Crippen LogP contribution < -0.4 is 0 Å². The number of ether oxygens (including phenoxy) is 5. The fourth-order valence-electron chi connectivity index (χ4n) is 6.68. The molecule has 0 saturated carbocycles. The van der Waals surface area contributed by atoms with E-state index in [1.54, 1.807) is 0 Å². The average Bonchev–Trinajstić information content (AvgIpc) is 1.33. The van der Waals surface area contributed by atoms with Crippen molar-refractivity contribution in [2.24, 2.45) is 0 Å². The van der Waals surface area contributed by atoms with E-state index in [0.29, 0.717) is 24.3 Å². The molecule has 2 unspecified atom stereocenters. The smallest absolute Gasteiger partial charge is 0.388 e. The van der Waals surface area contributed by atoms with E-state index >= 15 is 0 Å². The van der Waals surface area contributed by atoms with Gasteiger partial charge in [0.15, 0.2) is 0 Å². The van der Waals surface area contributed by atoms with E-state index in [1.807, 2.05) is 32.0 Å². The largest absolute Gasteiger partial charge is 0.430 e. The van der Waals surface area contributed by atoms with Crippen molar-refractivity contribution in [2.45, 2.75) is 152 Å². The van der Waals surface area contributed by atoms with Crippen molar-refractivity contribution in [1.29, 1.82) is 0 Å². The van der Waals surface area contributed by atoms with Gasteiger partial charge in [-0.2, -0.15) is 105 Å². The fourth-order valence-corrected chi connectivity index (χ4v) is 6.68. The van der Waals surface area contributed by atoms with Gasteiger partial charge in [-0.25, -0.2) is 9.78 Å². The molecule has 0 bridgehead atoms. The van der Waals surface area contributed by atoms with Crippen molar-refractivity contribution in [1.82, 2.24) is 0 Å². The van der Waals surface area contributed by atoms with E-state index in [0.717, 1.165) is 36.4 Å². The van der Waals surface area contributed by atoms with Crippen LogP contribution in [0.25, 0.3) is 0 Å². The first-order valence-electron chi connectivity index (χ1n) is 26.8. The molecule has 92 heavy (non-hydrogen) atoms. The zero-order valence-electron chi connectivity index (χ0n) is 50.1. The standard InChI is InChI=1S/C21H16F12O3.2C8H10.C7H8F6O3.C7H8F6O2.C7H8.C2H6/c22-18(23,24)16(19(25,26)27,13-7-3-1-4-8-13)35-11-15(34)12-36-17(20(28,29)30,21(31,32)33)14-9-5-2-6-10-14;1-7-3-5-8(2)6-4-7;1-7-4-3-5-8(2)6-7;1-5(6(8,9)10,7(11,12)13)16-15-3-4-2-14-4;1-5(6(8,9)10,7(11,12)13)15-3-4-2-14-4;1-7-5-3-2-4-6-7;1-2/h1-10,15,34H,11-12H2;2*3-6H,1-2H3;4H,2-3H2,1H3;4H,2-3H2,1H3;2-6H,1H3;1-2H3. The van der Waals surface area contributed by atoms with Gasteiger partial charge in [-0.15, -0.1) is 0 Å². The number of rotatable bonds is 15. The third-order valence-corrected chi connectivity index (χ3v) is 12.3. The normalized spacial score (nSPS) is 15.6. The van der Waals surface area contributed by atoms with Crippen molar-refractivity contribution < 1.29 is 144 Å². The lowest BCUT2D eigenvalue weighted by Crippen LogP contribution is -2.58. The highest BCUT2D eigenvalue weighted by Gasteiger charge is 2.76. The minimum atomic E-state index is -6.20. The molecule has 2 aliphatic rings. The summed E-state index contributed by atoms with van der Waals surface area (Å²) in [7, 11) is 0. The molecular weight excluding hydrogens is 1300 g/mol. The Morgan fingerprint density at radius 2 is 0.641 bits per heavy atom. The number of aliphatic hydroxyl groups is 1. The van der Waals surface area contributed by atoms with Crippen LogP contribution >= 0.6 is 0 Å². The lowest BCUT2D eigenvalue weighted by molar-refractivity contribution is -0.477. The van der Waals surface area contributed by atoms with Crippen molar-refractivity contribution in [3.05, 3.63) is 178 Å². The number of halogens is 24. The molecule has 2 saturated heterocycles. The van der Waals surface area contributed by atoms with E-state index in [4.69, 9.17) is 0 Å². The van der Waals surface area contributed by atoms with Crippen LogP contribution in [0.15, 0.2) is 140 Å². The summed E-state index contributed by atoms with van der Waals surface area (Å²) in [4.78, 5) is 7.39. The average molecular weight is 1370 g/mol. The zero-order chi connectivity index (χ0) is 71.2. The first-order valence-corrected chi connectivity index (χ1v) is 26.8. The van der Waals surface area contributed by atoms with Crippen LogP contribution in [0.5, 0.6) is 0 Å². The number of hydrogen-bond donors (Lipinski definition) is 1. The summed E-state index contributed by atoms with van der Waals surface area (Å²) < 4.78 is 331. The van der Waals surface area contributed by atoms with E-state index in [2.05, 4.69) is 129 Å². The topological polar surface area (TPSA) is 91.4 Å².